The van der Waals surface area contributed by atoms with Gasteiger partial charge in [-0.05, 0) is 32.1 Å². The Morgan fingerprint density at radius 3 is 2.90 bits per heavy atom. The van der Waals surface area contributed by atoms with Crippen molar-refractivity contribution in [1.29, 1.82) is 0 Å². The molecule has 2 aliphatic rings. The number of carboxylic acid groups (broad SMARTS) is 1. The molecule has 20 heavy (non-hydrogen) atoms. The average molecular weight is 280 g/mol. The zero-order chi connectivity index (χ0) is 13.9. The second kappa shape index (κ2) is 5.91. The maximum Gasteiger partial charge on any atom is 0.307 e. The number of aromatic nitrogens is 2. The van der Waals surface area contributed by atoms with Gasteiger partial charge in [-0.3, -0.25) is 4.79 Å². The van der Waals surface area contributed by atoms with Crippen LogP contribution in [0.4, 0.5) is 0 Å². The molecule has 6 nitrogen and oxygen atoms in total. The van der Waals surface area contributed by atoms with E-state index in [9.17, 15) is 9.90 Å². The molecule has 110 valence electrons. The topological polar surface area (TPSA) is 85.5 Å². The van der Waals surface area contributed by atoms with Gasteiger partial charge in [0.25, 0.3) is 0 Å². The van der Waals surface area contributed by atoms with Crippen molar-refractivity contribution in [3.05, 3.63) is 11.7 Å². The summed E-state index contributed by atoms with van der Waals surface area (Å²) in [5.41, 5.74) is 0. The third kappa shape index (κ3) is 2.85. The Hall–Kier alpha value is -1.43. The molecule has 0 bridgehead atoms. The molecule has 1 saturated heterocycles. The van der Waals surface area contributed by atoms with Crippen LogP contribution in [0, 0.1) is 5.92 Å². The Labute approximate surface area is 117 Å². The molecule has 1 N–H and O–H groups in total. The summed E-state index contributed by atoms with van der Waals surface area (Å²) in [4.78, 5) is 15.6. The fourth-order valence-corrected chi connectivity index (χ4v) is 3.22. The molecule has 3 unspecified atom stereocenters. The van der Waals surface area contributed by atoms with Crippen LogP contribution in [0.15, 0.2) is 4.52 Å². The zero-order valence-corrected chi connectivity index (χ0v) is 11.5. The first-order chi connectivity index (χ1) is 9.74. The number of aliphatic carboxylic acids is 1. The Bertz CT molecular complexity index is 467. The molecule has 1 saturated carbocycles. The van der Waals surface area contributed by atoms with Crippen molar-refractivity contribution in [2.75, 3.05) is 6.61 Å². The van der Waals surface area contributed by atoms with Gasteiger partial charge in [0, 0.05) is 13.0 Å². The molecule has 3 rings (SSSR count). The highest BCUT2D eigenvalue weighted by atomic mass is 16.5. The average Bonchev–Trinajstić information content (AvgIpc) is 3.07. The van der Waals surface area contributed by atoms with Gasteiger partial charge in [-0.25, -0.2) is 0 Å². The van der Waals surface area contributed by atoms with Crippen molar-refractivity contribution in [3.8, 4) is 0 Å². The normalized spacial score (nSPS) is 30.5. The maximum absolute atomic E-state index is 11.2. The highest BCUT2D eigenvalue weighted by molar-refractivity contribution is 5.71. The number of hydrogen-bond donors (Lipinski definition) is 1. The fourth-order valence-electron chi connectivity index (χ4n) is 3.22. The quantitative estimate of drug-likeness (QED) is 0.909. The number of ether oxygens (including phenoxy) is 1. The van der Waals surface area contributed by atoms with Gasteiger partial charge < -0.3 is 14.4 Å². The van der Waals surface area contributed by atoms with Gasteiger partial charge >= 0.3 is 5.97 Å². The first kappa shape index (κ1) is 13.5. The second-order valence-electron chi connectivity index (χ2n) is 5.72. The monoisotopic (exact) mass is 280 g/mol. The first-order valence-corrected chi connectivity index (χ1v) is 7.41. The lowest BCUT2D eigenvalue weighted by atomic mass is 9.96. The van der Waals surface area contributed by atoms with Crippen molar-refractivity contribution in [1.82, 2.24) is 10.1 Å². The van der Waals surface area contributed by atoms with Crippen LogP contribution in [-0.2, 0) is 16.0 Å². The Kier molecular flexibility index (Phi) is 4.00. The molecule has 1 aromatic heterocycles. The molecule has 0 aromatic carbocycles. The van der Waals surface area contributed by atoms with E-state index in [2.05, 4.69) is 10.1 Å². The van der Waals surface area contributed by atoms with Crippen LogP contribution in [0.5, 0.6) is 0 Å². The molecule has 0 amide bonds. The van der Waals surface area contributed by atoms with Crippen LogP contribution in [-0.4, -0.2) is 33.9 Å². The lowest BCUT2D eigenvalue weighted by Crippen LogP contribution is -2.22. The highest BCUT2D eigenvalue weighted by Crippen LogP contribution is 2.39. The molecule has 0 radical (unpaired) electrons. The predicted molar refractivity (Wildman–Crippen MR) is 69.3 cm³/mol. The van der Waals surface area contributed by atoms with E-state index in [1.54, 1.807) is 0 Å². The smallest absolute Gasteiger partial charge is 0.307 e. The van der Waals surface area contributed by atoms with Gasteiger partial charge in [-0.15, -0.1) is 0 Å². The van der Waals surface area contributed by atoms with Crippen LogP contribution in [0.3, 0.4) is 0 Å². The second-order valence-corrected chi connectivity index (χ2v) is 5.72. The van der Waals surface area contributed by atoms with E-state index in [1.165, 1.54) is 6.42 Å². The van der Waals surface area contributed by atoms with E-state index in [0.29, 0.717) is 24.6 Å². The predicted octanol–water partition coefficient (Wildman–Crippen LogP) is 2.15. The standard InChI is InChI=1S/C14H20N2O4/c17-14(18)11-6-3-5-10(11)13-15-12(16-20-13)8-9-4-1-2-7-19-9/h9-11H,1-8H2,(H,17,18). The van der Waals surface area contributed by atoms with Crippen LogP contribution < -0.4 is 0 Å². The largest absolute Gasteiger partial charge is 0.481 e. The number of carboxylic acids is 1. The maximum atomic E-state index is 11.2. The third-order valence-corrected chi connectivity index (χ3v) is 4.32. The van der Waals surface area contributed by atoms with Crippen molar-refractivity contribution in [3.63, 3.8) is 0 Å². The van der Waals surface area contributed by atoms with Crippen LogP contribution in [0.25, 0.3) is 0 Å². The van der Waals surface area contributed by atoms with Crippen LogP contribution in [0.1, 0.15) is 56.2 Å². The minimum Gasteiger partial charge on any atom is -0.481 e. The lowest BCUT2D eigenvalue weighted by Gasteiger charge is -2.20. The summed E-state index contributed by atoms with van der Waals surface area (Å²) in [6, 6.07) is 0. The number of rotatable bonds is 4. The van der Waals surface area contributed by atoms with E-state index in [0.717, 1.165) is 32.3 Å². The molecule has 0 spiro atoms. The molecular formula is C14H20N2O4. The van der Waals surface area contributed by atoms with Gasteiger partial charge in [0.1, 0.15) is 0 Å². The van der Waals surface area contributed by atoms with Gasteiger partial charge in [-0.2, -0.15) is 4.98 Å². The first-order valence-electron chi connectivity index (χ1n) is 7.41. The molecule has 1 aromatic rings. The fraction of sp³-hybridized carbons (Fsp3) is 0.786. The number of nitrogens with zero attached hydrogens (tertiary/aromatic N) is 2. The molecular weight excluding hydrogens is 260 g/mol. The van der Waals surface area contributed by atoms with E-state index in [-0.39, 0.29) is 17.9 Å². The Morgan fingerprint density at radius 1 is 1.25 bits per heavy atom. The van der Waals surface area contributed by atoms with Crippen molar-refractivity contribution in [2.45, 2.75) is 57.0 Å². The summed E-state index contributed by atoms with van der Waals surface area (Å²) in [5, 5.41) is 13.2. The Balaban J connectivity index is 1.65. The van der Waals surface area contributed by atoms with Crippen molar-refractivity contribution in [2.24, 2.45) is 5.92 Å². The highest BCUT2D eigenvalue weighted by Gasteiger charge is 2.37. The summed E-state index contributed by atoms with van der Waals surface area (Å²) in [6.07, 6.45) is 6.59. The number of carbonyl (C=O) groups is 1. The summed E-state index contributed by atoms with van der Waals surface area (Å²) in [7, 11) is 0. The summed E-state index contributed by atoms with van der Waals surface area (Å²) < 4.78 is 11.0. The molecule has 6 heteroatoms. The molecule has 1 aliphatic heterocycles. The van der Waals surface area contributed by atoms with Crippen molar-refractivity contribution < 1.29 is 19.2 Å². The zero-order valence-electron chi connectivity index (χ0n) is 11.5. The van der Waals surface area contributed by atoms with Gasteiger partial charge in [0.15, 0.2) is 5.82 Å². The van der Waals surface area contributed by atoms with E-state index in [4.69, 9.17) is 9.26 Å². The lowest BCUT2D eigenvalue weighted by molar-refractivity contribution is -0.142. The minimum atomic E-state index is -0.761. The third-order valence-electron chi connectivity index (χ3n) is 4.32. The molecule has 2 heterocycles. The summed E-state index contributed by atoms with van der Waals surface area (Å²) >= 11 is 0. The SMILES string of the molecule is O=C(O)C1CCCC1c1nc(CC2CCCCO2)no1. The summed E-state index contributed by atoms with van der Waals surface area (Å²) in [5.74, 6) is -0.137. The molecule has 1 aliphatic carbocycles. The molecule has 2 fully saturated rings. The molecule has 3 atom stereocenters. The van der Waals surface area contributed by atoms with Gasteiger partial charge in [-0.1, -0.05) is 11.6 Å². The Morgan fingerprint density at radius 2 is 2.15 bits per heavy atom. The van der Waals surface area contributed by atoms with Gasteiger partial charge in [0.05, 0.1) is 17.9 Å². The van der Waals surface area contributed by atoms with Crippen molar-refractivity contribution >= 4 is 5.97 Å². The van der Waals surface area contributed by atoms with Gasteiger partial charge in [0.2, 0.25) is 5.89 Å². The number of hydrogen-bond acceptors (Lipinski definition) is 5. The summed E-state index contributed by atoms with van der Waals surface area (Å²) in [6.45, 7) is 0.805. The van der Waals surface area contributed by atoms with E-state index in [1.807, 2.05) is 0 Å². The van der Waals surface area contributed by atoms with Crippen LogP contribution in [0.2, 0.25) is 0 Å². The van der Waals surface area contributed by atoms with E-state index >= 15 is 0 Å². The van der Waals surface area contributed by atoms with E-state index < -0.39 is 5.97 Å². The minimum absolute atomic E-state index is 0.124. The van der Waals surface area contributed by atoms with Crippen LogP contribution >= 0.6 is 0 Å².